The number of aryl methyl sites for hydroxylation is 2. The zero-order valence-corrected chi connectivity index (χ0v) is 18.2. The molecule has 1 unspecified atom stereocenters. The van der Waals surface area contributed by atoms with Crippen LogP contribution in [-0.4, -0.2) is 23.4 Å². The summed E-state index contributed by atoms with van der Waals surface area (Å²) in [5.74, 6) is 0.250. The molecule has 150 valence electrons. The molecule has 0 N–H and O–H groups in total. The SMILES string of the molecule is CCC(C)COS(=O)(=O)c1ccc(C)cc1.Cc1ccc(S(=O)(=O)Cl)cc1. The van der Waals surface area contributed by atoms with Crippen molar-refractivity contribution in [3.05, 3.63) is 59.7 Å². The summed E-state index contributed by atoms with van der Waals surface area (Å²) in [4.78, 5) is 0.367. The van der Waals surface area contributed by atoms with Crippen molar-refractivity contribution < 1.29 is 21.0 Å². The molecule has 0 spiro atoms. The van der Waals surface area contributed by atoms with Gasteiger partial charge in [-0.05, 0) is 44.0 Å². The first-order chi connectivity index (χ1) is 12.5. The molecule has 0 heterocycles. The first kappa shape index (κ1) is 23.6. The topological polar surface area (TPSA) is 77.5 Å². The quantitative estimate of drug-likeness (QED) is 0.489. The van der Waals surface area contributed by atoms with E-state index in [1.807, 2.05) is 27.7 Å². The van der Waals surface area contributed by atoms with E-state index < -0.39 is 19.2 Å². The van der Waals surface area contributed by atoms with Crippen molar-refractivity contribution in [3.8, 4) is 0 Å². The van der Waals surface area contributed by atoms with Gasteiger partial charge in [0.15, 0.2) is 0 Å². The lowest BCUT2D eigenvalue weighted by Crippen LogP contribution is -2.12. The van der Waals surface area contributed by atoms with Gasteiger partial charge in [0.1, 0.15) is 0 Å². The summed E-state index contributed by atoms with van der Waals surface area (Å²) in [5, 5.41) is 0. The van der Waals surface area contributed by atoms with E-state index in [9.17, 15) is 16.8 Å². The van der Waals surface area contributed by atoms with Gasteiger partial charge in [0.2, 0.25) is 0 Å². The predicted molar refractivity (Wildman–Crippen MR) is 108 cm³/mol. The van der Waals surface area contributed by atoms with Crippen molar-refractivity contribution in [2.24, 2.45) is 5.92 Å². The van der Waals surface area contributed by atoms with Gasteiger partial charge in [0.05, 0.1) is 16.4 Å². The van der Waals surface area contributed by atoms with Gasteiger partial charge >= 0.3 is 0 Å². The predicted octanol–water partition coefficient (Wildman–Crippen LogP) is 4.67. The lowest BCUT2D eigenvalue weighted by Gasteiger charge is -2.09. The second kappa shape index (κ2) is 10.2. The van der Waals surface area contributed by atoms with E-state index in [-0.39, 0.29) is 22.3 Å². The van der Waals surface area contributed by atoms with Gasteiger partial charge in [-0.15, -0.1) is 0 Å². The summed E-state index contributed by atoms with van der Waals surface area (Å²) in [6.07, 6.45) is 0.906. The van der Waals surface area contributed by atoms with E-state index in [4.69, 9.17) is 14.9 Å². The zero-order valence-electron chi connectivity index (χ0n) is 15.8. The van der Waals surface area contributed by atoms with E-state index in [0.717, 1.165) is 17.5 Å². The summed E-state index contributed by atoms with van der Waals surface area (Å²) in [5.41, 5.74) is 2.04. The van der Waals surface area contributed by atoms with E-state index in [0.29, 0.717) is 0 Å². The molecule has 8 heteroatoms. The number of hydrogen-bond donors (Lipinski definition) is 0. The van der Waals surface area contributed by atoms with Crippen LogP contribution in [0.3, 0.4) is 0 Å². The smallest absolute Gasteiger partial charge is 0.266 e. The maximum atomic E-state index is 11.7. The Hall–Kier alpha value is -1.41. The molecular formula is C19H25ClO5S2. The monoisotopic (exact) mass is 432 g/mol. The number of hydrogen-bond acceptors (Lipinski definition) is 5. The van der Waals surface area contributed by atoms with E-state index in [2.05, 4.69) is 0 Å². The van der Waals surface area contributed by atoms with Crippen molar-refractivity contribution in [3.63, 3.8) is 0 Å². The van der Waals surface area contributed by atoms with Gasteiger partial charge in [-0.25, -0.2) is 8.42 Å². The van der Waals surface area contributed by atoms with Crippen LogP contribution in [0.5, 0.6) is 0 Å². The van der Waals surface area contributed by atoms with Gasteiger partial charge in [-0.2, -0.15) is 8.42 Å². The Morgan fingerprint density at radius 2 is 1.26 bits per heavy atom. The normalized spacial score (nSPS) is 12.8. The highest BCUT2D eigenvalue weighted by molar-refractivity contribution is 8.13. The number of benzene rings is 2. The molecular weight excluding hydrogens is 408 g/mol. The van der Waals surface area contributed by atoms with Crippen molar-refractivity contribution in [1.82, 2.24) is 0 Å². The summed E-state index contributed by atoms with van der Waals surface area (Å²) in [7, 11) is -2.05. The third-order valence-corrected chi connectivity index (χ3v) is 6.48. The molecule has 0 aliphatic heterocycles. The maximum absolute atomic E-state index is 11.7. The fourth-order valence-corrected chi connectivity index (χ4v) is 3.58. The molecule has 0 aliphatic carbocycles. The second-order valence-corrected chi connectivity index (χ2v) is 10.5. The van der Waals surface area contributed by atoms with Crippen molar-refractivity contribution in [1.29, 1.82) is 0 Å². The van der Waals surface area contributed by atoms with E-state index >= 15 is 0 Å². The van der Waals surface area contributed by atoms with Crippen LogP contribution in [0.2, 0.25) is 0 Å². The fraction of sp³-hybridized carbons (Fsp3) is 0.368. The summed E-state index contributed by atoms with van der Waals surface area (Å²) < 4.78 is 49.9. The van der Waals surface area contributed by atoms with Gasteiger partial charge in [0.25, 0.3) is 19.2 Å². The van der Waals surface area contributed by atoms with Crippen LogP contribution in [0, 0.1) is 19.8 Å². The number of rotatable bonds is 6. The van der Waals surface area contributed by atoms with E-state index in [1.165, 1.54) is 12.1 Å². The molecule has 27 heavy (non-hydrogen) atoms. The molecule has 2 aromatic carbocycles. The second-order valence-electron chi connectivity index (χ2n) is 6.32. The molecule has 0 bridgehead atoms. The minimum absolute atomic E-state index is 0.143. The van der Waals surface area contributed by atoms with Gasteiger partial charge < -0.3 is 0 Å². The number of halogens is 1. The molecule has 0 aromatic heterocycles. The molecule has 0 saturated carbocycles. The Bertz CT molecular complexity index is 919. The molecule has 2 rings (SSSR count). The van der Waals surface area contributed by atoms with Crippen molar-refractivity contribution >= 4 is 29.9 Å². The third-order valence-electron chi connectivity index (χ3n) is 3.82. The van der Waals surface area contributed by atoms with Crippen LogP contribution in [0.25, 0.3) is 0 Å². The average Bonchev–Trinajstić information content (AvgIpc) is 2.60. The maximum Gasteiger partial charge on any atom is 0.296 e. The molecule has 0 radical (unpaired) electrons. The van der Waals surface area contributed by atoms with Gasteiger partial charge in [-0.3, -0.25) is 4.18 Å². The van der Waals surface area contributed by atoms with Crippen LogP contribution in [-0.2, 0) is 23.4 Å². The highest BCUT2D eigenvalue weighted by Gasteiger charge is 2.15. The van der Waals surface area contributed by atoms with E-state index in [1.54, 1.807) is 36.4 Å². The third kappa shape index (κ3) is 8.43. The zero-order chi connectivity index (χ0) is 20.7. The Labute approximate surface area is 166 Å². The molecule has 0 fully saturated rings. The summed E-state index contributed by atoms with van der Waals surface area (Å²) in [6.45, 7) is 8.00. The minimum atomic E-state index is -3.58. The fourth-order valence-electron chi connectivity index (χ4n) is 1.80. The standard InChI is InChI=1S/C12H18O3S.C7H7ClO2S/c1-4-10(2)9-15-16(13,14)12-7-5-11(3)6-8-12;1-6-2-4-7(5-3-6)11(8,9)10/h5-8,10H,4,9H2,1-3H3;2-5H,1H3. The lowest BCUT2D eigenvalue weighted by atomic mass is 10.1. The Morgan fingerprint density at radius 3 is 1.63 bits per heavy atom. The molecule has 5 nitrogen and oxygen atoms in total. The Morgan fingerprint density at radius 1 is 0.852 bits per heavy atom. The molecule has 0 amide bonds. The highest BCUT2D eigenvalue weighted by atomic mass is 35.7. The lowest BCUT2D eigenvalue weighted by molar-refractivity contribution is 0.261. The summed E-state index contributed by atoms with van der Waals surface area (Å²) in [6, 6.07) is 13.0. The van der Waals surface area contributed by atoms with Gasteiger partial charge in [-0.1, -0.05) is 55.7 Å². The molecule has 0 saturated heterocycles. The van der Waals surface area contributed by atoms with Crippen LogP contribution < -0.4 is 0 Å². The molecule has 1 atom stereocenters. The van der Waals surface area contributed by atoms with Crippen LogP contribution in [0.1, 0.15) is 31.4 Å². The average molecular weight is 433 g/mol. The van der Waals surface area contributed by atoms with Crippen molar-refractivity contribution in [2.45, 2.75) is 43.9 Å². The van der Waals surface area contributed by atoms with Crippen LogP contribution in [0.15, 0.2) is 58.3 Å². The van der Waals surface area contributed by atoms with Gasteiger partial charge in [0, 0.05) is 10.7 Å². The Balaban J connectivity index is 0.000000289. The largest absolute Gasteiger partial charge is 0.296 e. The first-order valence-electron chi connectivity index (χ1n) is 8.43. The molecule has 2 aromatic rings. The minimum Gasteiger partial charge on any atom is -0.266 e. The highest BCUT2D eigenvalue weighted by Crippen LogP contribution is 2.15. The van der Waals surface area contributed by atoms with Crippen molar-refractivity contribution in [2.75, 3.05) is 6.61 Å². The Kier molecular flexibility index (Phi) is 8.94. The van der Waals surface area contributed by atoms with Crippen LogP contribution >= 0.6 is 10.7 Å². The van der Waals surface area contributed by atoms with Crippen LogP contribution in [0.4, 0.5) is 0 Å². The first-order valence-corrected chi connectivity index (χ1v) is 12.1. The molecule has 0 aliphatic rings. The summed E-state index contributed by atoms with van der Waals surface area (Å²) >= 11 is 0.